The van der Waals surface area contributed by atoms with E-state index in [4.69, 9.17) is 0 Å². The first kappa shape index (κ1) is 16.4. The average molecular weight is 306 g/mol. The van der Waals surface area contributed by atoms with Crippen LogP contribution in [0.4, 0.5) is 0 Å². The number of aliphatic hydroxyl groups is 1. The van der Waals surface area contributed by atoms with Gasteiger partial charge in [0.1, 0.15) is 12.6 Å². The van der Waals surface area contributed by atoms with Crippen LogP contribution in [0.2, 0.25) is 0 Å². The summed E-state index contributed by atoms with van der Waals surface area (Å²) in [6.45, 7) is 0.799. The summed E-state index contributed by atoms with van der Waals surface area (Å²) in [5, 5.41) is 20.0. The average Bonchev–Trinajstić information content (AvgIpc) is 2.74. The number of carboxylic acids is 1. The maximum Gasteiger partial charge on any atom is 0.251 e. The number of likely N-dealkylation sites (N-methyl/N-ethyl adjacent to an activating group) is 1. The minimum atomic E-state index is -0.998. The van der Waals surface area contributed by atoms with Gasteiger partial charge in [0.2, 0.25) is 0 Å². The van der Waals surface area contributed by atoms with Gasteiger partial charge in [-0.3, -0.25) is 4.79 Å². The number of amides is 1. The Morgan fingerprint density at radius 3 is 2.86 bits per heavy atom. The van der Waals surface area contributed by atoms with Crippen molar-refractivity contribution in [1.29, 1.82) is 0 Å². The molecule has 1 aromatic heterocycles. The molecule has 1 aliphatic rings. The standard InChI is InChI=1S/C16H22N2O4/c1-17-13(10-14(19)16(17)22)12-6-5-9-18(11-12)8-4-2-3-7-15(20)21/h5-6,9,11,13-14,19H,2-4,7-8,10H2,1H3. The van der Waals surface area contributed by atoms with Gasteiger partial charge in [-0.25, -0.2) is 4.57 Å². The van der Waals surface area contributed by atoms with Crippen molar-refractivity contribution in [3.63, 3.8) is 0 Å². The molecule has 1 aliphatic heterocycles. The first-order valence-corrected chi connectivity index (χ1v) is 7.62. The highest BCUT2D eigenvalue weighted by molar-refractivity contribution is 5.83. The van der Waals surface area contributed by atoms with Gasteiger partial charge in [-0.1, -0.05) is 0 Å². The zero-order valence-corrected chi connectivity index (χ0v) is 12.8. The molecule has 2 heterocycles. The SMILES string of the molecule is CN1C(=O)C(O)CC1c1ccc[n+](CCCCCC(=O)[O-])c1. The van der Waals surface area contributed by atoms with E-state index in [0.29, 0.717) is 12.8 Å². The van der Waals surface area contributed by atoms with E-state index in [1.54, 1.807) is 11.9 Å². The second kappa shape index (κ2) is 7.35. The second-order valence-electron chi connectivity index (χ2n) is 5.77. The van der Waals surface area contributed by atoms with Crippen LogP contribution >= 0.6 is 0 Å². The predicted octanol–water partition coefficient (Wildman–Crippen LogP) is -0.451. The Morgan fingerprint density at radius 1 is 1.45 bits per heavy atom. The van der Waals surface area contributed by atoms with Crippen LogP contribution in [0.15, 0.2) is 24.5 Å². The van der Waals surface area contributed by atoms with Crippen LogP contribution in [0.25, 0.3) is 0 Å². The monoisotopic (exact) mass is 306 g/mol. The third kappa shape index (κ3) is 4.04. The third-order valence-electron chi connectivity index (χ3n) is 4.11. The zero-order chi connectivity index (χ0) is 16.1. The minimum absolute atomic E-state index is 0.0898. The molecule has 2 rings (SSSR count). The molecule has 2 unspecified atom stereocenters. The summed E-state index contributed by atoms with van der Waals surface area (Å²) in [4.78, 5) is 23.6. The molecule has 2 atom stereocenters. The molecule has 0 aliphatic carbocycles. The van der Waals surface area contributed by atoms with Crippen molar-refractivity contribution < 1.29 is 24.4 Å². The molecule has 1 saturated heterocycles. The Morgan fingerprint density at radius 2 is 2.23 bits per heavy atom. The molecule has 22 heavy (non-hydrogen) atoms. The largest absolute Gasteiger partial charge is 0.550 e. The number of hydrogen-bond donors (Lipinski definition) is 1. The van der Waals surface area contributed by atoms with Crippen LogP contribution in [0.3, 0.4) is 0 Å². The van der Waals surface area contributed by atoms with E-state index in [9.17, 15) is 19.8 Å². The molecule has 1 fully saturated rings. The number of aliphatic hydroxyl groups excluding tert-OH is 1. The van der Waals surface area contributed by atoms with Crippen molar-refractivity contribution in [2.75, 3.05) is 7.05 Å². The Balaban J connectivity index is 1.90. The Hall–Kier alpha value is -1.95. The summed E-state index contributed by atoms with van der Waals surface area (Å²) in [6, 6.07) is 3.80. The van der Waals surface area contributed by atoms with E-state index in [-0.39, 0.29) is 18.4 Å². The van der Waals surface area contributed by atoms with Crippen LogP contribution in [0.5, 0.6) is 0 Å². The van der Waals surface area contributed by atoms with Crippen molar-refractivity contribution in [2.24, 2.45) is 0 Å². The van der Waals surface area contributed by atoms with Gasteiger partial charge >= 0.3 is 0 Å². The summed E-state index contributed by atoms with van der Waals surface area (Å²) in [7, 11) is 1.71. The van der Waals surface area contributed by atoms with E-state index < -0.39 is 12.1 Å². The number of unbranched alkanes of at least 4 members (excludes halogenated alkanes) is 2. The molecule has 0 radical (unpaired) electrons. The number of carbonyl (C=O) groups is 2. The minimum Gasteiger partial charge on any atom is -0.550 e. The highest BCUT2D eigenvalue weighted by Gasteiger charge is 2.37. The fourth-order valence-electron chi connectivity index (χ4n) is 2.84. The highest BCUT2D eigenvalue weighted by Crippen LogP contribution is 2.30. The van der Waals surface area contributed by atoms with E-state index in [0.717, 1.165) is 24.9 Å². The lowest BCUT2D eigenvalue weighted by molar-refractivity contribution is -0.697. The summed E-state index contributed by atoms with van der Waals surface area (Å²) in [6.07, 6.45) is 5.93. The number of carbonyl (C=O) groups excluding carboxylic acids is 2. The first-order valence-electron chi connectivity index (χ1n) is 7.62. The molecule has 120 valence electrons. The maximum atomic E-state index is 11.7. The van der Waals surface area contributed by atoms with Crippen LogP contribution in [0, 0.1) is 0 Å². The van der Waals surface area contributed by atoms with Gasteiger partial charge in [-0.2, -0.15) is 0 Å². The van der Waals surface area contributed by atoms with Gasteiger partial charge in [0.15, 0.2) is 12.4 Å². The molecule has 1 aromatic rings. The van der Waals surface area contributed by atoms with Crippen LogP contribution in [-0.2, 0) is 16.1 Å². The smallest absolute Gasteiger partial charge is 0.251 e. The van der Waals surface area contributed by atoms with Crippen LogP contribution in [0.1, 0.15) is 43.7 Å². The van der Waals surface area contributed by atoms with Crippen molar-refractivity contribution in [3.8, 4) is 0 Å². The third-order valence-corrected chi connectivity index (χ3v) is 4.11. The Labute approximate surface area is 130 Å². The number of hydrogen-bond acceptors (Lipinski definition) is 4. The lowest BCUT2D eigenvalue weighted by Crippen LogP contribution is -2.34. The number of pyridine rings is 1. The summed E-state index contributed by atoms with van der Waals surface area (Å²) in [5.41, 5.74) is 1.00. The van der Waals surface area contributed by atoms with Crippen molar-refractivity contribution in [1.82, 2.24) is 4.90 Å². The number of aromatic nitrogens is 1. The topological polar surface area (TPSA) is 84.6 Å². The van der Waals surface area contributed by atoms with Crippen molar-refractivity contribution in [2.45, 2.75) is 50.8 Å². The molecular formula is C16H22N2O4. The van der Waals surface area contributed by atoms with E-state index >= 15 is 0 Å². The zero-order valence-electron chi connectivity index (χ0n) is 12.8. The number of rotatable bonds is 7. The molecular weight excluding hydrogens is 284 g/mol. The van der Waals surface area contributed by atoms with Crippen LogP contribution in [-0.4, -0.2) is 35.0 Å². The Kier molecular flexibility index (Phi) is 5.49. The first-order chi connectivity index (χ1) is 10.5. The number of carboxylic acid groups (broad SMARTS) is 1. The van der Waals surface area contributed by atoms with Gasteiger partial charge in [0.05, 0.1) is 6.04 Å². The van der Waals surface area contributed by atoms with Crippen LogP contribution < -0.4 is 9.67 Å². The van der Waals surface area contributed by atoms with Gasteiger partial charge in [0.25, 0.3) is 5.91 Å². The Bertz CT molecular complexity index is 547. The van der Waals surface area contributed by atoms with E-state index in [1.165, 1.54) is 0 Å². The number of aryl methyl sites for hydroxylation is 1. The molecule has 1 amide bonds. The lowest BCUT2D eigenvalue weighted by Gasteiger charge is -2.18. The number of nitrogens with zero attached hydrogens (tertiary/aromatic N) is 2. The van der Waals surface area contributed by atoms with Gasteiger partial charge in [0, 0.05) is 37.5 Å². The molecule has 0 spiro atoms. The van der Waals surface area contributed by atoms with E-state index in [1.807, 2.05) is 29.1 Å². The lowest BCUT2D eigenvalue weighted by atomic mass is 10.1. The number of aliphatic carboxylic acids is 1. The van der Waals surface area contributed by atoms with Gasteiger partial charge in [-0.15, -0.1) is 0 Å². The maximum absolute atomic E-state index is 11.7. The molecule has 6 nitrogen and oxygen atoms in total. The summed E-state index contributed by atoms with van der Waals surface area (Å²) in [5.74, 6) is -1.23. The quantitative estimate of drug-likeness (QED) is 0.546. The van der Waals surface area contributed by atoms with Crippen molar-refractivity contribution in [3.05, 3.63) is 30.1 Å². The summed E-state index contributed by atoms with van der Waals surface area (Å²) >= 11 is 0. The second-order valence-corrected chi connectivity index (χ2v) is 5.77. The highest BCUT2D eigenvalue weighted by atomic mass is 16.4. The molecule has 6 heteroatoms. The number of likely N-dealkylation sites (tertiary alicyclic amines) is 1. The predicted molar refractivity (Wildman–Crippen MR) is 76.2 cm³/mol. The fourth-order valence-corrected chi connectivity index (χ4v) is 2.84. The molecule has 1 N–H and O–H groups in total. The summed E-state index contributed by atoms with van der Waals surface area (Å²) < 4.78 is 2.04. The van der Waals surface area contributed by atoms with Gasteiger partial charge in [-0.05, 0) is 25.3 Å². The molecule has 0 saturated carbocycles. The van der Waals surface area contributed by atoms with Crippen molar-refractivity contribution >= 4 is 11.9 Å². The molecule has 0 bridgehead atoms. The normalized spacial score (nSPS) is 21.4. The molecule has 0 aromatic carbocycles. The van der Waals surface area contributed by atoms with E-state index in [2.05, 4.69) is 0 Å². The van der Waals surface area contributed by atoms with Gasteiger partial charge < -0.3 is 19.9 Å². The fraction of sp³-hybridized carbons (Fsp3) is 0.562.